The number of hydrogen-bond donors (Lipinski definition) is 2. The molecule has 0 bridgehead atoms. The molecule has 1 atom stereocenters. The van der Waals surface area contributed by atoms with Gasteiger partial charge in [0.05, 0.1) is 11.5 Å². The predicted octanol–water partition coefficient (Wildman–Crippen LogP) is 2.09. The van der Waals surface area contributed by atoms with Crippen molar-refractivity contribution >= 4 is 5.97 Å². The Hall–Kier alpha value is -1.56. The van der Waals surface area contributed by atoms with Crippen LogP contribution >= 0.6 is 0 Å². The summed E-state index contributed by atoms with van der Waals surface area (Å²) in [7, 11) is 1.55. The average Bonchev–Trinajstić information content (AvgIpc) is 2.24. The molecule has 0 spiro atoms. The Bertz CT molecular complexity index is 404. The van der Waals surface area contributed by atoms with Gasteiger partial charge in [-0.3, -0.25) is 4.79 Å². The van der Waals surface area contributed by atoms with E-state index < -0.39 is 23.6 Å². The van der Waals surface area contributed by atoms with Crippen LogP contribution in [-0.4, -0.2) is 24.7 Å². The first-order valence-electron chi connectivity index (χ1n) is 4.91. The Morgan fingerprint density at radius 2 is 2.12 bits per heavy atom. The van der Waals surface area contributed by atoms with E-state index in [4.69, 9.17) is 5.11 Å². The van der Waals surface area contributed by atoms with Crippen molar-refractivity contribution in [2.45, 2.75) is 12.1 Å². The fourth-order valence-electron chi connectivity index (χ4n) is 1.48. The Kier molecular flexibility index (Phi) is 4.11. The number of aliphatic carboxylic acids is 1. The second kappa shape index (κ2) is 5.18. The zero-order valence-electron chi connectivity index (χ0n) is 9.08. The van der Waals surface area contributed by atoms with E-state index in [0.717, 1.165) is 12.1 Å². The smallest absolute Gasteiger partial charge is 0.416 e. The number of rotatable bonds is 4. The van der Waals surface area contributed by atoms with Gasteiger partial charge in [0.2, 0.25) is 0 Å². The number of carboxylic acids is 1. The molecule has 0 heterocycles. The quantitative estimate of drug-likeness (QED) is 0.856. The van der Waals surface area contributed by atoms with E-state index in [1.165, 1.54) is 12.1 Å². The fourth-order valence-corrected chi connectivity index (χ4v) is 1.48. The van der Waals surface area contributed by atoms with Crippen molar-refractivity contribution in [3.8, 4) is 0 Å². The van der Waals surface area contributed by atoms with E-state index in [1.54, 1.807) is 7.05 Å². The van der Waals surface area contributed by atoms with Crippen LogP contribution in [0.25, 0.3) is 0 Å². The molecule has 1 rings (SSSR count). The van der Waals surface area contributed by atoms with Crippen molar-refractivity contribution in [3.63, 3.8) is 0 Å². The summed E-state index contributed by atoms with van der Waals surface area (Å²) in [4.78, 5) is 10.9. The van der Waals surface area contributed by atoms with Gasteiger partial charge in [0.15, 0.2) is 0 Å². The highest BCUT2D eigenvalue weighted by molar-refractivity contribution is 5.76. The van der Waals surface area contributed by atoms with Gasteiger partial charge in [-0.15, -0.1) is 0 Å². The van der Waals surface area contributed by atoms with Crippen LogP contribution < -0.4 is 5.32 Å². The van der Waals surface area contributed by atoms with Gasteiger partial charge < -0.3 is 10.4 Å². The third-order valence-corrected chi connectivity index (χ3v) is 2.32. The van der Waals surface area contributed by atoms with E-state index in [0.29, 0.717) is 0 Å². The minimum Gasteiger partial charge on any atom is -0.481 e. The summed E-state index contributed by atoms with van der Waals surface area (Å²) in [6.45, 7) is 0.0800. The largest absolute Gasteiger partial charge is 0.481 e. The Balaban J connectivity index is 3.08. The maximum Gasteiger partial charge on any atom is 0.416 e. The van der Waals surface area contributed by atoms with Crippen molar-refractivity contribution in [1.82, 2.24) is 5.32 Å². The lowest BCUT2D eigenvalue weighted by molar-refractivity contribution is -0.140. The molecule has 3 nitrogen and oxygen atoms in total. The van der Waals surface area contributed by atoms with Gasteiger partial charge in [-0.25, -0.2) is 0 Å². The zero-order valence-corrected chi connectivity index (χ0v) is 9.08. The second-order valence-electron chi connectivity index (χ2n) is 3.57. The monoisotopic (exact) mass is 247 g/mol. The van der Waals surface area contributed by atoms with Gasteiger partial charge >= 0.3 is 12.1 Å². The molecule has 0 aliphatic carbocycles. The summed E-state index contributed by atoms with van der Waals surface area (Å²) < 4.78 is 37.4. The van der Waals surface area contributed by atoms with Crippen molar-refractivity contribution in [2.75, 3.05) is 13.6 Å². The van der Waals surface area contributed by atoms with Crippen LogP contribution in [0.4, 0.5) is 13.2 Å². The summed E-state index contributed by atoms with van der Waals surface area (Å²) in [5, 5.41) is 11.6. The van der Waals surface area contributed by atoms with Gasteiger partial charge in [0.25, 0.3) is 0 Å². The lowest BCUT2D eigenvalue weighted by Gasteiger charge is -2.14. The average molecular weight is 247 g/mol. The van der Waals surface area contributed by atoms with E-state index in [-0.39, 0.29) is 12.1 Å². The number of halogens is 3. The Morgan fingerprint density at radius 3 is 2.59 bits per heavy atom. The van der Waals surface area contributed by atoms with Crippen LogP contribution in [0.1, 0.15) is 17.0 Å². The topological polar surface area (TPSA) is 49.3 Å². The number of carbonyl (C=O) groups is 1. The minimum atomic E-state index is -4.46. The van der Waals surface area contributed by atoms with Crippen molar-refractivity contribution in [2.24, 2.45) is 0 Å². The molecular formula is C11H12F3NO2. The van der Waals surface area contributed by atoms with Crippen molar-refractivity contribution < 1.29 is 23.1 Å². The first-order chi connectivity index (χ1) is 7.86. The summed E-state index contributed by atoms with van der Waals surface area (Å²) in [6, 6.07) is 4.38. The number of alkyl halides is 3. The number of likely N-dealkylation sites (N-methyl/N-ethyl adjacent to an activating group) is 1. The maximum absolute atomic E-state index is 12.5. The minimum absolute atomic E-state index is 0.0800. The van der Waals surface area contributed by atoms with Crippen molar-refractivity contribution in [1.29, 1.82) is 0 Å². The lowest BCUT2D eigenvalue weighted by Crippen LogP contribution is -2.24. The number of nitrogens with one attached hydrogen (secondary N) is 1. The Morgan fingerprint density at radius 1 is 1.47 bits per heavy atom. The van der Waals surface area contributed by atoms with E-state index in [9.17, 15) is 18.0 Å². The fraction of sp³-hybridized carbons (Fsp3) is 0.364. The van der Waals surface area contributed by atoms with Crippen LogP contribution in [-0.2, 0) is 11.0 Å². The molecule has 0 saturated carbocycles. The third kappa shape index (κ3) is 3.45. The molecule has 94 valence electrons. The third-order valence-electron chi connectivity index (χ3n) is 2.32. The molecular weight excluding hydrogens is 235 g/mol. The number of carboxylic acid groups (broad SMARTS) is 1. The highest BCUT2D eigenvalue weighted by atomic mass is 19.4. The van der Waals surface area contributed by atoms with Gasteiger partial charge in [-0.2, -0.15) is 13.2 Å². The molecule has 2 N–H and O–H groups in total. The SMILES string of the molecule is CNCC(C(=O)O)c1cccc(C(F)(F)F)c1. The molecule has 0 radical (unpaired) electrons. The van der Waals surface area contributed by atoms with Gasteiger partial charge in [0, 0.05) is 6.54 Å². The predicted molar refractivity (Wildman–Crippen MR) is 55.7 cm³/mol. The van der Waals surface area contributed by atoms with E-state index in [2.05, 4.69) is 5.32 Å². The normalized spacial score (nSPS) is 13.4. The van der Waals surface area contributed by atoms with E-state index >= 15 is 0 Å². The first-order valence-corrected chi connectivity index (χ1v) is 4.91. The number of hydrogen-bond acceptors (Lipinski definition) is 2. The van der Waals surface area contributed by atoms with Crippen LogP contribution in [0, 0.1) is 0 Å². The highest BCUT2D eigenvalue weighted by Gasteiger charge is 2.31. The van der Waals surface area contributed by atoms with Gasteiger partial charge in [0.1, 0.15) is 0 Å². The molecule has 0 aliphatic rings. The van der Waals surface area contributed by atoms with Crippen LogP contribution in [0.3, 0.4) is 0 Å². The summed E-state index contributed by atoms with van der Waals surface area (Å²) in [5.74, 6) is -2.14. The molecule has 0 aromatic heterocycles. The molecule has 0 fully saturated rings. The molecule has 0 saturated heterocycles. The summed E-state index contributed by atoms with van der Waals surface area (Å²) in [5.41, 5.74) is -0.695. The van der Waals surface area contributed by atoms with Gasteiger partial charge in [-0.05, 0) is 18.7 Å². The first kappa shape index (κ1) is 13.5. The molecule has 17 heavy (non-hydrogen) atoms. The second-order valence-corrected chi connectivity index (χ2v) is 3.57. The molecule has 1 unspecified atom stereocenters. The number of benzene rings is 1. The zero-order chi connectivity index (χ0) is 13.1. The summed E-state index contributed by atoms with van der Waals surface area (Å²) in [6.07, 6.45) is -4.46. The molecule has 0 amide bonds. The molecule has 1 aromatic rings. The van der Waals surface area contributed by atoms with Crippen LogP contribution in [0.15, 0.2) is 24.3 Å². The molecule has 1 aromatic carbocycles. The molecule has 0 aliphatic heterocycles. The van der Waals surface area contributed by atoms with E-state index in [1.807, 2.05) is 0 Å². The standard InChI is InChI=1S/C11H12F3NO2/c1-15-6-9(10(16)17)7-3-2-4-8(5-7)11(12,13)14/h2-5,9,15H,6H2,1H3,(H,16,17). The highest BCUT2D eigenvalue weighted by Crippen LogP contribution is 2.31. The molecule has 6 heteroatoms. The van der Waals surface area contributed by atoms with Crippen LogP contribution in [0.5, 0.6) is 0 Å². The Labute approximate surface area is 96.3 Å². The van der Waals surface area contributed by atoms with Crippen molar-refractivity contribution in [3.05, 3.63) is 35.4 Å². The lowest BCUT2D eigenvalue weighted by atomic mass is 9.97. The summed E-state index contributed by atoms with van der Waals surface area (Å²) >= 11 is 0. The maximum atomic E-state index is 12.5. The van der Waals surface area contributed by atoms with Gasteiger partial charge in [-0.1, -0.05) is 18.2 Å². The van der Waals surface area contributed by atoms with Crippen LogP contribution in [0.2, 0.25) is 0 Å².